The van der Waals surface area contributed by atoms with Crippen molar-refractivity contribution >= 4 is 15.9 Å². The summed E-state index contributed by atoms with van der Waals surface area (Å²) in [6.07, 6.45) is 1.55. The maximum absolute atomic E-state index is 5.98. The second-order valence-corrected chi connectivity index (χ2v) is 5.89. The van der Waals surface area contributed by atoms with E-state index in [1.807, 2.05) is 29.8 Å². The van der Waals surface area contributed by atoms with Crippen molar-refractivity contribution in [2.75, 3.05) is 0 Å². The molecule has 20 heavy (non-hydrogen) atoms. The monoisotopic (exact) mass is 338 g/mol. The van der Waals surface area contributed by atoms with E-state index in [4.69, 9.17) is 10.5 Å². The van der Waals surface area contributed by atoms with Crippen LogP contribution in [0.5, 0.6) is 5.75 Å². The molecule has 1 atom stereocenters. The van der Waals surface area contributed by atoms with Crippen molar-refractivity contribution in [2.24, 2.45) is 5.73 Å². The van der Waals surface area contributed by atoms with Crippen LogP contribution < -0.4 is 10.5 Å². The Kier molecular flexibility index (Phi) is 4.77. The van der Waals surface area contributed by atoms with Gasteiger partial charge in [-0.1, -0.05) is 15.9 Å². The van der Waals surface area contributed by atoms with Gasteiger partial charge in [-0.2, -0.15) is 5.10 Å². The quantitative estimate of drug-likeness (QED) is 0.908. The Morgan fingerprint density at radius 2 is 2.10 bits per heavy atom. The highest BCUT2D eigenvalue weighted by Gasteiger charge is 2.12. The zero-order chi connectivity index (χ0) is 14.7. The van der Waals surface area contributed by atoms with Crippen LogP contribution >= 0.6 is 15.9 Å². The first-order chi connectivity index (χ1) is 9.49. The molecule has 0 aliphatic rings. The Morgan fingerprint density at radius 3 is 2.75 bits per heavy atom. The van der Waals surface area contributed by atoms with Gasteiger partial charge in [0.15, 0.2) is 5.82 Å². The Balaban J connectivity index is 2.17. The van der Waals surface area contributed by atoms with Gasteiger partial charge < -0.3 is 10.5 Å². The molecular formula is C14H19BrN4O. The lowest BCUT2D eigenvalue weighted by atomic mass is 10.1. The van der Waals surface area contributed by atoms with Crippen molar-refractivity contribution in [3.63, 3.8) is 0 Å². The molecule has 0 spiro atoms. The van der Waals surface area contributed by atoms with Gasteiger partial charge in [0.05, 0.1) is 0 Å². The highest BCUT2D eigenvalue weighted by Crippen LogP contribution is 2.28. The maximum Gasteiger partial charge on any atom is 0.165 e. The van der Waals surface area contributed by atoms with Crippen molar-refractivity contribution in [1.82, 2.24) is 14.8 Å². The molecule has 0 unspecified atom stereocenters. The molecular weight excluding hydrogens is 320 g/mol. The van der Waals surface area contributed by atoms with E-state index in [1.165, 1.54) is 0 Å². The predicted molar refractivity (Wildman–Crippen MR) is 81.5 cm³/mol. The Labute approximate surface area is 127 Å². The molecule has 0 fully saturated rings. The fourth-order valence-corrected chi connectivity index (χ4v) is 2.34. The van der Waals surface area contributed by atoms with Gasteiger partial charge in [0.1, 0.15) is 18.7 Å². The number of nitrogens with zero attached hydrogens (tertiary/aromatic N) is 3. The molecule has 1 aromatic carbocycles. The molecule has 0 saturated heterocycles. The fourth-order valence-electron chi connectivity index (χ4n) is 1.96. The van der Waals surface area contributed by atoms with Gasteiger partial charge in [0, 0.05) is 22.1 Å². The Morgan fingerprint density at radius 1 is 1.35 bits per heavy atom. The van der Waals surface area contributed by atoms with E-state index < -0.39 is 0 Å². The lowest BCUT2D eigenvalue weighted by Gasteiger charge is -2.15. The van der Waals surface area contributed by atoms with Crippen molar-refractivity contribution < 1.29 is 4.74 Å². The molecule has 0 bridgehead atoms. The molecule has 2 rings (SSSR count). The summed E-state index contributed by atoms with van der Waals surface area (Å²) in [5, 5.41) is 4.19. The number of rotatable bonds is 5. The minimum absolute atomic E-state index is 0.0922. The lowest BCUT2D eigenvalue weighted by Crippen LogP contribution is -2.12. The van der Waals surface area contributed by atoms with Gasteiger partial charge in [0.25, 0.3) is 0 Å². The molecule has 0 aliphatic carbocycles. The summed E-state index contributed by atoms with van der Waals surface area (Å²) in [5.74, 6) is 1.58. The third-order valence-corrected chi connectivity index (χ3v) is 3.45. The van der Waals surface area contributed by atoms with E-state index in [0.29, 0.717) is 6.61 Å². The van der Waals surface area contributed by atoms with Crippen molar-refractivity contribution in [2.45, 2.75) is 39.5 Å². The van der Waals surface area contributed by atoms with Crippen LogP contribution in [-0.4, -0.2) is 14.8 Å². The largest absolute Gasteiger partial charge is 0.485 e. The lowest BCUT2D eigenvalue weighted by molar-refractivity contribution is 0.278. The summed E-state index contributed by atoms with van der Waals surface area (Å²) in [4.78, 5) is 4.23. The van der Waals surface area contributed by atoms with Crippen LogP contribution in [0.3, 0.4) is 0 Å². The number of hydrogen-bond donors (Lipinski definition) is 1. The van der Waals surface area contributed by atoms with E-state index in [2.05, 4.69) is 39.9 Å². The van der Waals surface area contributed by atoms with E-state index in [9.17, 15) is 0 Å². The molecule has 0 saturated carbocycles. The van der Waals surface area contributed by atoms with Gasteiger partial charge in [-0.3, -0.25) is 0 Å². The summed E-state index contributed by atoms with van der Waals surface area (Å²) in [6, 6.07) is 6.00. The molecule has 2 N–H and O–H groups in total. The van der Waals surface area contributed by atoms with Crippen LogP contribution in [0, 0.1) is 0 Å². The molecule has 1 heterocycles. The molecule has 6 heteroatoms. The van der Waals surface area contributed by atoms with E-state index in [-0.39, 0.29) is 12.1 Å². The van der Waals surface area contributed by atoms with Gasteiger partial charge in [0.2, 0.25) is 0 Å². The van der Waals surface area contributed by atoms with E-state index in [0.717, 1.165) is 21.6 Å². The second kappa shape index (κ2) is 6.37. The second-order valence-electron chi connectivity index (χ2n) is 4.97. The first-order valence-corrected chi connectivity index (χ1v) is 7.34. The van der Waals surface area contributed by atoms with Crippen LogP contribution in [0.1, 0.15) is 44.2 Å². The minimum atomic E-state index is -0.0922. The number of benzene rings is 1. The van der Waals surface area contributed by atoms with Crippen molar-refractivity contribution in [3.8, 4) is 5.75 Å². The van der Waals surface area contributed by atoms with Crippen LogP contribution in [0.25, 0.3) is 0 Å². The average Bonchev–Trinajstić information content (AvgIpc) is 2.85. The minimum Gasteiger partial charge on any atom is -0.485 e. The SMILES string of the molecule is CC(C)n1ncnc1COc1ccc(Br)cc1[C@H](C)N. The number of nitrogens with two attached hydrogens (primary N) is 1. The van der Waals surface area contributed by atoms with Gasteiger partial charge in [-0.25, -0.2) is 9.67 Å². The maximum atomic E-state index is 5.98. The van der Waals surface area contributed by atoms with Crippen LogP contribution in [0.4, 0.5) is 0 Å². The normalized spacial score (nSPS) is 12.7. The topological polar surface area (TPSA) is 66.0 Å². The zero-order valence-electron chi connectivity index (χ0n) is 11.9. The zero-order valence-corrected chi connectivity index (χ0v) is 13.5. The summed E-state index contributed by atoms with van der Waals surface area (Å²) < 4.78 is 8.70. The smallest absolute Gasteiger partial charge is 0.165 e. The number of ether oxygens (including phenoxy) is 1. The third kappa shape index (κ3) is 3.37. The highest BCUT2D eigenvalue weighted by molar-refractivity contribution is 9.10. The summed E-state index contributed by atoms with van der Waals surface area (Å²) in [5.41, 5.74) is 6.94. The average molecular weight is 339 g/mol. The number of aromatic nitrogens is 3. The molecule has 108 valence electrons. The molecule has 0 radical (unpaired) electrons. The van der Waals surface area contributed by atoms with Gasteiger partial charge in [-0.15, -0.1) is 0 Å². The van der Waals surface area contributed by atoms with Crippen molar-refractivity contribution in [1.29, 1.82) is 0 Å². The Bertz CT molecular complexity index is 580. The summed E-state index contributed by atoms with van der Waals surface area (Å²) >= 11 is 3.45. The predicted octanol–water partition coefficient (Wildman–Crippen LogP) is 3.22. The standard InChI is InChI=1S/C14H19BrN4O/c1-9(2)19-14(17-8-18-19)7-20-13-5-4-11(15)6-12(13)10(3)16/h4-6,8-10H,7,16H2,1-3H3/t10-/m0/s1. The van der Waals surface area contributed by atoms with Crippen LogP contribution in [0.15, 0.2) is 29.0 Å². The third-order valence-electron chi connectivity index (χ3n) is 2.96. The highest BCUT2D eigenvalue weighted by atomic mass is 79.9. The molecule has 0 amide bonds. The van der Waals surface area contributed by atoms with Crippen molar-refractivity contribution in [3.05, 3.63) is 40.4 Å². The van der Waals surface area contributed by atoms with Crippen LogP contribution in [-0.2, 0) is 6.61 Å². The number of hydrogen-bond acceptors (Lipinski definition) is 4. The van der Waals surface area contributed by atoms with E-state index in [1.54, 1.807) is 6.33 Å². The summed E-state index contributed by atoms with van der Waals surface area (Å²) in [6.45, 7) is 6.43. The van der Waals surface area contributed by atoms with Gasteiger partial charge in [-0.05, 0) is 39.0 Å². The first kappa shape index (κ1) is 15.0. The van der Waals surface area contributed by atoms with E-state index >= 15 is 0 Å². The molecule has 0 aliphatic heterocycles. The first-order valence-electron chi connectivity index (χ1n) is 6.55. The van der Waals surface area contributed by atoms with Gasteiger partial charge >= 0.3 is 0 Å². The number of halogens is 1. The molecule has 5 nitrogen and oxygen atoms in total. The molecule has 1 aromatic heterocycles. The fraction of sp³-hybridized carbons (Fsp3) is 0.429. The summed E-state index contributed by atoms with van der Waals surface area (Å²) in [7, 11) is 0. The Hall–Kier alpha value is -1.40. The van der Waals surface area contributed by atoms with Crippen LogP contribution in [0.2, 0.25) is 0 Å². The molecule has 2 aromatic rings.